The topological polar surface area (TPSA) is 110 Å². The van der Waals surface area contributed by atoms with Crippen molar-refractivity contribution in [2.24, 2.45) is 11.8 Å². The van der Waals surface area contributed by atoms with Crippen LogP contribution in [0.25, 0.3) is 0 Å². The number of hydrogen-bond donors (Lipinski definition) is 2. The molecule has 0 aromatic carbocycles. The van der Waals surface area contributed by atoms with Gasteiger partial charge in [-0.2, -0.15) is 0 Å². The first-order valence-corrected chi connectivity index (χ1v) is 9.48. The third-order valence-corrected chi connectivity index (χ3v) is 5.90. The fraction of sp³-hybridized carbons (Fsp3) is 0.571. The number of ketones is 1. The first-order chi connectivity index (χ1) is 13.2. The molecule has 3 rings (SSSR count). The molecule has 7 heteroatoms. The van der Waals surface area contributed by atoms with Gasteiger partial charge in [0.25, 0.3) is 0 Å². The molecule has 2 bridgehead atoms. The minimum atomic E-state index is -2.01. The van der Waals surface area contributed by atoms with E-state index < -0.39 is 47.9 Å². The van der Waals surface area contributed by atoms with Crippen molar-refractivity contribution in [3.05, 3.63) is 34.9 Å². The Morgan fingerprint density at radius 3 is 2.71 bits per heavy atom. The zero-order chi connectivity index (χ0) is 20.6. The summed E-state index contributed by atoms with van der Waals surface area (Å²) < 4.78 is 10.5. The Balaban J connectivity index is 1.91. The molecule has 3 aliphatic rings. The van der Waals surface area contributed by atoms with E-state index in [0.717, 1.165) is 5.57 Å². The molecule has 7 nitrogen and oxygen atoms in total. The average molecular weight is 390 g/mol. The highest BCUT2D eigenvalue weighted by atomic mass is 16.6. The van der Waals surface area contributed by atoms with Gasteiger partial charge in [-0.05, 0) is 39.2 Å². The Bertz CT molecular complexity index is 791. The van der Waals surface area contributed by atoms with Crippen LogP contribution in [0.1, 0.15) is 40.0 Å². The molecule has 2 aliphatic carbocycles. The van der Waals surface area contributed by atoms with E-state index in [1.54, 1.807) is 39.0 Å². The smallest absolute Gasteiger partial charge is 0.334 e. The number of allylic oxidation sites excluding steroid dienone is 1. The van der Waals surface area contributed by atoms with Gasteiger partial charge in [0, 0.05) is 29.9 Å². The lowest BCUT2D eigenvalue weighted by molar-refractivity contribution is -0.160. The van der Waals surface area contributed by atoms with Crippen molar-refractivity contribution in [3.63, 3.8) is 0 Å². The van der Waals surface area contributed by atoms with E-state index in [1.807, 2.05) is 0 Å². The highest BCUT2D eigenvalue weighted by Gasteiger charge is 2.57. The van der Waals surface area contributed by atoms with Gasteiger partial charge in [-0.3, -0.25) is 4.79 Å². The number of fused-ring (bicyclic) bond motifs is 2. The van der Waals surface area contributed by atoms with Gasteiger partial charge in [-0.15, -0.1) is 0 Å². The molecular formula is C21H26O7. The first-order valence-electron chi connectivity index (χ1n) is 9.48. The molecule has 0 aromatic heterocycles. The molecule has 1 aliphatic heterocycles. The Kier molecular flexibility index (Phi) is 5.59. The average Bonchev–Trinajstić information content (AvgIpc) is 3.08. The number of rotatable bonds is 3. The van der Waals surface area contributed by atoms with Gasteiger partial charge in [-0.25, -0.2) is 9.59 Å². The number of aliphatic hydroxyl groups excluding tert-OH is 1. The molecule has 1 saturated carbocycles. The van der Waals surface area contributed by atoms with Crippen LogP contribution >= 0.6 is 0 Å². The predicted octanol–water partition coefficient (Wildman–Crippen LogP) is 1.38. The fourth-order valence-electron chi connectivity index (χ4n) is 4.32. The molecule has 0 saturated heterocycles. The number of hydrogen-bond acceptors (Lipinski definition) is 7. The van der Waals surface area contributed by atoms with Gasteiger partial charge in [0.15, 0.2) is 11.4 Å². The zero-order valence-corrected chi connectivity index (χ0v) is 16.3. The zero-order valence-electron chi connectivity index (χ0n) is 16.3. The van der Waals surface area contributed by atoms with Crippen molar-refractivity contribution in [2.75, 3.05) is 6.61 Å². The standard InChI is InChI=1S/C21H26O7/c1-4-12(3)19(24)27-10-21(26)17(23)9-13-7-14-8-15(28-20(14)25)5-11(2)6-16(22)18(13)21/h4,6,8,13,15-16,18,22,26H,5,7,9-10H2,1-3H3/b11-6?,12-4-/t13-,15+,16-,18-,21-/m1/s1. The molecule has 0 aromatic rings. The molecule has 0 amide bonds. The molecule has 28 heavy (non-hydrogen) atoms. The molecule has 0 radical (unpaired) electrons. The van der Waals surface area contributed by atoms with E-state index in [0.29, 0.717) is 17.6 Å². The highest BCUT2D eigenvalue weighted by Crippen LogP contribution is 2.45. The predicted molar refractivity (Wildman–Crippen MR) is 98.9 cm³/mol. The van der Waals surface area contributed by atoms with Crippen LogP contribution < -0.4 is 0 Å². The summed E-state index contributed by atoms with van der Waals surface area (Å²) >= 11 is 0. The van der Waals surface area contributed by atoms with Crippen LogP contribution in [0.15, 0.2) is 34.9 Å². The van der Waals surface area contributed by atoms with Crippen molar-refractivity contribution >= 4 is 17.7 Å². The number of carbonyl (C=O) groups is 3. The van der Waals surface area contributed by atoms with Gasteiger partial charge >= 0.3 is 11.9 Å². The lowest BCUT2D eigenvalue weighted by Crippen LogP contribution is -2.50. The summed E-state index contributed by atoms with van der Waals surface area (Å²) in [5, 5.41) is 22.0. The molecule has 0 spiro atoms. The molecule has 0 unspecified atom stereocenters. The molecule has 5 atom stereocenters. The van der Waals surface area contributed by atoms with Crippen molar-refractivity contribution in [2.45, 2.75) is 57.8 Å². The lowest BCUT2D eigenvalue weighted by Gasteiger charge is -2.33. The number of carbonyl (C=O) groups excluding carboxylic acids is 3. The quantitative estimate of drug-likeness (QED) is 0.426. The summed E-state index contributed by atoms with van der Waals surface area (Å²) in [4.78, 5) is 36.8. The maximum Gasteiger partial charge on any atom is 0.334 e. The van der Waals surface area contributed by atoms with Crippen LogP contribution in [0, 0.1) is 11.8 Å². The number of ether oxygens (including phenoxy) is 2. The molecule has 2 N–H and O–H groups in total. The van der Waals surface area contributed by atoms with Gasteiger partial charge < -0.3 is 19.7 Å². The monoisotopic (exact) mass is 390 g/mol. The second-order valence-electron chi connectivity index (χ2n) is 7.93. The molecule has 152 valence electrons. The summed E-state index contributed by atoms with van der Waals surface area (Å²) in [7, 11) is 0. The summed E-state index contributed by atoms with van der Waals surface area (Å²) in [5.74, 6) is -2.90. The highest BCUT2D eigenvalue weighted by molar-refractivity contribution is 5.93. The summed E-state index contributed by atoms with van der Waals surface area (Å²) in [6.45, 7) is 4.52. The first kappa shape index (κ1) is 20.5. The summed E-state index contributed by atoms with van der Waals surface area (Å²) in [6.07, 6.45) is 4.08. The van der Waals surface area contributed by atoms with E-state index >= 15 is 0 Å². The Morgan fingerprint density at radius 2 is 2.04 bits per heavy atom. The van der Waals surface area contributed by atoms with E-state index in [1.165, 1.54) is 0 Å². The van der Waals surface area contributed by atoms with Crippen LogP contribution in [-0.2, 0) is 23.9 Å². The van der Waals surface area contributed by atoms with E-state index in [-0.39, 0.29) is 18.9 Å². The second kappa shape index (κ2) is 7.64. The number of Topliss-reactive ketones (excluding diaryl/α,β-unsaturated/α-hetero) is 1. The van der Waals surface area contributed by atoms with Gasteiger partial charge in [0.05, 0.1) is 6.10 Å². The second-order valence-corrected chi connectivity index (χ2v) is 7.93. The van der Waals surface area contributed by atoms with Gasteiger partial charge in [0.1, 0.15) is 12.7 Å². The SMILES string of the molecule is C/C=C(/C)C(=O)OC[C@@]1(O)C(=O)C[C@H]2CC3=C[C@H](CC(C)=C[C@@H](O)[C@@H]21)OC3=O. The molecule has 1 heterocycles. The largest absolute Gasteiger partial charge is 0.459 e. The Labute approximate surface area is 163 Å². The third kappa shape index (κ3) is 3.69. The van der Waals surface area contributed by atoms with Crippen LogP contribution in [0.3, 0.4) is 0 Å². The maximum absolute atomic E-state index is 12.7. The van der Waals surface area contributed by atoms with Crippen molar-refractivity contribution in [1.29, 1.82) is 0 Å². The Morgan fingerprint density at radius 1 is 1.32 bits per heavy atom. The van der Waals surface area contributed by atoms with E-state index in [9.17, 15) is 24.6 Å². The van der Waals surface area contributed by atoms with Gasteiger partial charge in [-0.1, -0.05) is 17.7 Å². The number of aliphatic hydroxyl groups is 2. The fourth-order valence-corrected chi connectivity index (χ4v) is 4.32. The summed E-state index contributed by atoms with van der Waals surface area (Å²) in [6, 6.07) is 0. The minimum absolute atomic E-state index is 0.0133. The van der Waals surface area contributed by atoms with Crippen LogP contribution in [-0.4, -0.2) is 52.4 Å². The van der Waals surface area contributed by atoms with Gasteiger partial charge in [0.2, 0.25) is 0 Å². The maximum atomic E-state index is 12.7. The summed E-state index contributed by atoms with van der Waals surface area (Å²) in [5.41, 5.74) is -0.406. The van der Waals surface area contributed by atoms with E-state index in [2.05, 4.69) is 0 Å². The van der Waals surface area contributed by atoms with Crippen LogP contribution in [0.4, 0.5) is 0 Å². The van der Waals surface area contributed by atoms with Crippen molar-refractivity contribution in [1.82, 2.24) is 0 Å². The third-order valence-electron chi connectivity index (χ3n) is 5.90. The van der Waals surface area contributed by atoms with E-state index in [4.69, 9.17) is 9.47 Å². The minimum Gasteiger partial charge on any atom is -0.459 e. The molecular weight excluding hydrogens is 364 g/mol. The Hall–Kier alpha value is -2.25. The van der Waals surface area contributed by atoms with Crippen molar-refractivity contribution < 1.29 is 34.1 Å². The van der Waals surface area contributed by atoms with Crippen molar-refractivity contribution in [3.8, 4) is 0 Å². The van der Waals surface area contributed by atoms with Crippen LogP contribution in [0.2, 0.25) is 0 Å². The number of esters is 2. The van der Waals surface area contributed by atoms with Crippen LogP contribution in [0.5, 0.6) is 0 Å². The normalized spacial score (nSPS) is 35.7. The molecule has 1 fully saturated rings. The lowest BCUT2D eigenvalue weighted by atomic mass is 9.78.